The Bertz CT molecular complexity index is 3480. The van der Waals surface area contributed by atoms with Gasteiger partial charge in [0.25, 0.3) is 0 Å². The van der Waals surface area contributed by atoms with Gasteiger partial charge in [-0.05, 0) is 226 Å². The molecule has 0 aliphatic carbocycles. The van der Waals surface area contributed by atoms with Crippen LogP contribution in [0.15, 0.2) is 78.5 Å². The van der Waals surface area contributed by atoms with Gasteiger partial charge in [-0.3, -0.25) is 0 Å². The van der Waals surface area contributed by atoms with E-state index in [0.717, 1.165) is 22.6 Å². The van der Waals surface area contributed by atoms with Crippen molar-refractivity contribution in [1.82, 2.24) is 0 Å². The molecule has 0 fully saturated rings. The maximum absolute atomic E-state index is 8.93. The summed E-state index contributed by atoms with van der Waals surface area (Å²) >= 11 is 21.6. The van der Waals surface area contributed by atoms with Crippen LogP contribution in [0, 0.1) is 18.3 Å². The zero-order chi connectivity index (χ0) is 90.5. The highest BCUT2D eigenvalue weighted by Gasteiger charge is 2.15. The lowest BCUT2D eigenvalue weighted by atomic mass is 10.0. The molecule has 7 rings (SSSR count). The first-order chi connectivity index (χ1) is 62.1. The quantitative estimate of drug-likeness (QED) is 0.0305. The first-order valence-electron chi connectivity index (χ1n) is 53.9. The van der Waals surface area contributed by atoms with E-state index in [-0.39, 0.29) is 0 Å². The van der Waals surface area contributed by atoms with Crippen LogP contribution >= 0.6 is 108 Å². The first kappa shape index (κ1) is 118. The van der Waals surface area contributed by atoms with E-state index in [1.54, 1.807) is 70.9 Å². The van der Waals surface area contributed by atoms with Crippen molar-refractivity contribution in [3.63, 3.8) is 0 Å². The fraction of sp³-hybridized carbons (Fsp3) is 0.739. The lowest BCUT2D eigenvalue weighted by Gasteiger charge is -2.04. The molecule has 11 heteroatoms. The number of hydrogen-bond donors (Lipinski definition) is 1. The van der Waals surface area contributed by atoms with Crippen molar-refractivity contribution in [2.24, 2.45) is 5.73 Å². The molecule has 2 nitrogen and oxygen atoms in total. The molecular weight excluding hydrogens is 1750 g/mol. The molecule has 0 saturated carbocycles. The third-order valence-corrected chi connectivity index (χ3v) is 34.1. The largest absolute Gasteiger partial charge is 0.389 e. The van der Waals surface area contributed by atoms with E-state index in [9.17, 15) is 0 Å². The molecule has 0 bridgehead atoms. The van der Waals surface area contributed by atoms with E-state index >= 15 is 0 Å². The molecule has 0 amide bonds. The monoisotopic (exact) mass is 1940 g/mol. The normalized spacial score (nSPS) is 11.2. The van der Waals surface area contributed by atoms with Crippen LogP contribution in [0.5, 0.6) is 0 Å². The molecule has 7 heterocycles. The minimum absolute atomic E-state index is 0.557. The van der Waals surface area contributed by atoms with Crippen LogP contribution in [0.4, 0.5) is 0 Å². The highest BCUT2D eigenvalue weighted by atomic mass is 79.9. The molecule has 126 heavy (non-hydrogen) atoms. The van der Waals surface area contributed by atoms with E-state index in [0.29, 0.717) is 4.99 Å². The van der Waals surface area contributed by atoms with E-state index in [1.165, 1.54) is 512 Å². The zero-order valence-corrected chi connectivity index (χ0v) is 91.2. The second kappa shape index (κ2) is 88.1. The Morgan fingerprint density at radius 2 is 0.540 bits per heavy atom. The summed E-state index contributed by atoms with van der Waals surface area (Å²) in [6.07, 6.45) is 107. The molecule has 0 radical (unpaired) electrons. The highest BCUT2D eigenvalue weighted by Crippen LogP contribution is 2.40. The number of halogens is 1. The van der Waals surface area contributed by atoms with Gasteiger partial charge in [-0.1, -0.05) is 465 Å². The molecule has 718 valence electrons. The SMILES string of the molecule is CCCCCCCCCCCCc1cc(-c2sccc2CCCCCCCCCCCC)sc1C.CCCCCCCCCCCCc1ccsc1Br.CCCCCCCCCCCCc1ccsc1C#N.CCCCCCCCCCCCc1ccsc1C(N)=S.CCCCCCCCCCCCc1csc(-c2sccc2CCCCCCCCCCCC)c1. The number of rotatable bonds is 80. The molecule has 7 aromatic rings. The molecule has 0 aliphatic heterocycles. The van der Waals surface area contributed by atoms with Gasteiger partial charge >= 0.3 is 0 Å². The van der Waals surface area contributed by atoms with Gasteiger partial charge in [-0.15, -0.1) is 79.4 Å². The smallest absolute Gasteiger partial charge is 0.114 e. The molecular formula is C115H193BrN2S8. The highest BCUT2D eigenvalue weighted by molar-refractivity contribution is 9.11. The average molecular weight is 1940 g/mol. The van der Waals surface area contributed by atoms with Crippen molar-refractivity contribution in [1.29, 1.82) is 5.26 Å². The van der Waals surface area contributed by atoms with Crippen LogP contribution < -0.4 is 5.73 Å². The van der Waals surface area contributed by atoms with Crippen molar-refractivity contribution >= 4 is 112 Å². The Hall–Kier alpha value is -2.24. The van der Waals surface area contributed by atoms with Crippen molar-refractivity contribution in [3.8, 4) is 25.6 Å². The van der Waals surface area contributed by atoms with Crippen LogP contribution in [-0.4, -0.2) is 4.99 Å². The number of unbranched alkanes of at least 4 members (excludes halogenated alkanes) is 63. The predicted octanol–water partition coefficient (Wildman–Crippen LogP) is 44.0. The van der Waals surface area contributed by atoms with Gasteiger partial charge in [0.1, 0.15) is 15.9 Å². The third-order valence-electron chi connectivity index (χ3n) is 25.7. The van der Waals surface area contributed by atoms with Gasteiger partial charge < -0.3 is 5.73 Å². The lowest BCUT2D eigenvalue weighted by molar-refractivity contribution is 0.556. The van der Waals surface area contributed by atoms with Crippen LogP contribution in [0.2, 0.25) is 0 Å². The minimum Gasteiger partial charge on any atom is -0.389 e. The minimum atomic E-state index is 0.557. The van der Waals surface area contributed by atoms with E-state index in [2.05, 4.69) is 147 Å². The summed E-state index contributed by atoms with van der Waals surface area (Å²) in [6, 6.07) is 18.6. The van der Waals surface area contributed by atoms with Crippen LogP contribution in [0.1, 0.15) is 551 Å². The van der Waals surface area contributed by atoms with Gasteiger partial charge in [0.05, 0.1) is 8.66 Å². The molecule has 0 atom stereocenters. The van der Waals surface area contributed by atoms with Gasteiger partial charge in [-0.2, -0.15) is 5.26 Å². The Kier molecular flexibility index (Phi) is 82.4. The second-order valence-corrected chi connectivity index (χ2v) is 45.8. The number of thiophene rings is 7. The van der Waals surface area contributed by atoms with E-state index < -0.39 is 0 Å². The summed E-state index contributed by atoms with van der Waals surface area (Å²) in [5.74, 6) is 0. The molecule has 0 unspecified atom stereocenters. The summed E-state index contributed by atoms with van der Waals surface area (Å²) in [7, 11) is 0. The summed E-state index contributed by atoms with van der Waals surface area (Å²) in [4.78, 5) is 10.3. The average Bonchev–Trinajstić information content (AvgIpc) is 1.72. The number of thiocarbonyl (C=S) groups is 1. The van der Waals surface area contributed by atoms with Crippen molar-refractivity contribution in [2.45, 2.75) is 550 Å². The molecule has 7 aromatic heterocycles. The summed E-state index contributed by atoms with van der Waals surface area (Å²) < 4.78 is 1.33. The Morgan fingerprint density at radius 1 is 0.286 bits per heavy atom. The third kappa shape index (κ3) is 63.9. The van der Waals surface area contributed by atoms with Crippen molar-refractivity contribution in [3.05, 3.63) is 132 Å². The number of hydrogen-bond acceptors (Lipinski definition) is 9. The number of aryl methyl sites for hydroxylation is 8. The molecule has 0 aliphatic rings. The van der Waals surface area contributed by atoms with Gasteiger partial charge in [0.15, 0.2) is 0 Å². The fourth-order valence-electron chi connectivity index (χ4n) is 17.5. The lowest BCUT2D eigenvalue weighted by Crippen LogP contribution is -2.09. The Morgan fingerprint density at radius 3 is 0.865 bits per heavy atom. The zero-order valence-electron chi connectivity index (χ0n) is 83.1. The molecule has 0 spiro atoms. The maximum atomic E-state index is 8.93. The Labute approximate surface area is 823 Å². The predicted molar refractivity (Wildman–Crippen MR) is 590 cm³/mol. The number of nitriles is 1. The Balaban J connectivity index is 0.000000419. The van der Waals surface area contributed by atoms with E-state index in [1.807, 2.05) is 50.7 Å². The number of nitrogens with zero attached hydrogens (tertiary/aromatic N) is 1. The second-order valence-electron chi connectivity index (χ2n) is 37.3. The van der Waals surface area contributed by atoms with Gasteiger partial charge in [-0.25, -0.2) is 0 Å². The molecule has 0 saturated heterocycles. The van der Waals surface area contributed by atoms with Crippen LogP contribution in [0.3, 0.4) is 0 Å². The van der Waals surface area contributed by atoms with Crippen LogP contribution in [0.25, 0.3) is 19.5 Å². The standard InChI is InChI=1S/C33H56S2.C32H54S2.C17H29NS2.C17H27NS.C16H27BrS/c1-4-6-8-10-12-14-16-18-20-22-24-30-26-27-34-33(30)32-28-31(29(3)35-32)25-23-21-19-17-15-13-11-9-7-5-2;1-3-5-7-9-11-13-15-17-19-21-23-29-27-31(34-28-29)32-30(25-26-33-32)24-22-20-18-16-14-12-10-8-6-4-2;1-2-3-4-5-6-7-8-9-10-11-12-15-13-14-20-16(15)17(18)19;1-2-3-4-5-6-7-8-9-10-11-12-16-13-14-19-17(16)15-18;1-2-3-4-5-6-7-8-9-10-11-12-15-13-14-18-16(15)17/h26-28H,4-25H2,1-3H3;25-28H,3-24H2,1-2H3;13-14H,2-12H2,1H3,(H2,18,19);13-14H,2-12H2,1H3;13-14H,2-12H2,1H3. The summed E-state index contributed by atoms with van der Waals surface area (Å²) in [6.45, 7) is 18.4. The maximum Gasteiger partial charge on any atom is 0.114 e. The summed E-state index contributed by atoms with van der Waals surface area (Å²) in [5.41, 5.74) is 16.2. The topological polar surface area (TPSA) is 49.8 Å². The van der Waals surface area contributed by atoms with Crippen LogP contribution in [-0.2, 0) is 44.9 Å². The molecule has 0 aromatic carbocycles. The summed E-state index contributed by atoms with van der Waals surface area (Å²) in [5, 5.41) is 22.3. The fourth-order valence-corrected chi connectivity index (χ4v) is 24.9. The van der Waals surface area contributed by atoms with Gasteiger partial charge in [0.2, 0.25) is 0 Å². The molecule has 2 N–H and O–H groups in total. The van der Waals surface area contributed by atoms with E-state index in [4.69, 9.17) is 23.2 Å². The van der Waals surface area contributed by atoms with Gasteiger partial charge in [0, 0.05) is 24.4 Å². The van der Waals surface area contributed by atoms with Crippen molar-refractivity contribution in [2.75, 3.05) is 0 Å². The van der Waals surface area contributed by atoms with Crippen molar-refractivity contribution < 1.29 is 0 Å². The first-order valence-corrected chi connectivity index (χ1v) is 61.2. The number of nitrogens with two attached hydrogens (primary N) is 1.